The largest absolute Gasteiger partial charge is 0.486 e. The average Bonchev–Trinajstić information content (AvgIpc) is 3.26. The molecule has 5 nitrogen and oxygen atoms in total. The number of ether oxygens (including phenoxy) is 2. The highest BCUT2D eigenvalue weighted by Gasteiger charge is 2.18. The third-order valence-corrected chi connectivity index (χ3v) is 5.24. The van der Waals surface area contributed by atoms with Crippen molar-refractivity contribution in [2.45, 2.75) is 46.3 Å². The van der Waals surface area contributed by atoms with Gasteiger partial charge in [-0.15, -0.1) is 11.3 Å². The van der Waals surface area contributed by atoms with E-state index in [1.54, 1.807) is 5.38 Å². The fraction of sp³-hybridized carbons (Fsp3) is 0.474. The molecule has 1 N–H and O–H groups in total. The van der Waals surface area contributed by atoms with Gasteiger partial charge in [-0.25, -0.2) is 4.98 Å². The van der Waals surface area contributed by atoms with E-state index in [0.717, 1.165) is 35.8 Å². The average molecular weight is 360 g/mol. The number of aryl methyl sites for hydroxylation is 2. The smallest absolute Gasteiger partial charge is 0.270 e. The van der Waals surface area contributed by atoms with E-state index in [4.69, 9.17) is 9.47 Å². The van der Waals surface area contributed by atoms with E-state index >= 15 is 0 Å². The first-order valence-corrected chi connectivity index (χ1v) is 9.45. The van der Waals surface area contributed by atoms with Gasteiger partial charge in [0.15, 0.2) is 0 Å². The zero-order valence-electron chi connectivity index (χ0n) is 14.9. The summed E-state index contributed by atoms with van der Waals surface area (Å²) in [6.45, 7) is 7.89. The summed E-state index contributed by atoms with van der Waals surface area (Å²) in [6.07, 6.45) is 2.21. The zero-order chi connectivity index (χ0) is 17.8. The van der Waals surface area contributed by atoms with Crippen molar-refractivity contribution in [2.24, 2.45) is 0 Å². The highest BCUT2D eigenvalue weighted by atomic mass is 32.1. The number of benzene rings is 1. The van der Waals surface area contributed by atoms with E-state index in [2.05, 4.69) is 37.1 Å². The van der Waals surface area contributed by atoms with Gasteiger partial charge < -0.3 is 14.8 Å². The van der Waals surface area contributed by atoms with Crippen LogP contribution in [0.2, 0.25) is 0 Å². The first kappa shape index (κ1) is 17.9. The molecule has 0 radical (unpaired) electrons. The third-order valence-electron chi connectivity index (χ3n) is 4.41. The molecule has 134 valence electrons. The summed E-state index contributed by atoms with van der Waals surface area (Å²) in [5, 5.41) is 5.46. The van der Waals surface area contributed by atoms with Crippen molar-refractivity contribution in [1.29, 1.82) is 0 Å². The van der Waals surface area contributed by atoms with Gasteiger partial charge in [0.05, 0.1) is 6.10 Å². The summed E-state index contributed by atoms with van der Waals surface area (Å²) >= 11 is 1.44. The Morgan fingerprint density at radius 3 is 3.00 bits per heavy atom. The van der Waals surface area contributed by atoms with Gasteiger partial charge >= 0.3 is 0 Å². The van der Waals surface area contributed by atoms with E-state index in [-0.39, 0.29) is 12.0 Å². The highest BCUT2D eigenvalue weighted by molar-refractivity contribution is 7.09. The third kappa shape index (κ3) is 4.58. The second-order valence-corrected chi connectivity index (χ2v) is 7.41. The van der Waals surface area contributed by atoms with Crippen LogP contribution in [0.4, 0.5) is 0 Å². The van der Waals surface area contributed by atoms with Crippen LogP contribution >= 0.6 is 11.3 Å². The number of amides is 1. The van der Waals surface area contributed by atoms with E-state index in [0.29, 0.717) is 18.8 Å². The van der Waals surface area contributed by atoms with Gasteiger partial charge in [0.1, 0.15) is 23.1 Å². The van der Waals surface area contributed by atoms with E-state index in [1.165, 1.54) is 22.5 Å². The molecule has 0 spiro atoms. The van der Waals surface area contributed by atoms with Crippen LogP contribution in [-0.2, 0) is 11.3 Å². The molecule has 3 rings (SSSR count). The topological polar surface area (TPSA) is 60.5 Å². The lowest BCUT2D eigenvalue weighted by atomic mass is 10.1. The summed E-state index contributed by atoms with van der Waals surface area (Å²) in [6, 6.07) is 4.17. The second kappa shape index (κ2) is 7.97. The lowest BCUT2D eigenvalue weighted by molar-refractivity contribution is 0.0854. The number of aromatic nitrogens is 1. The van der Waals surface area contributed by atoms with Crippen LogP contribution in [0.15, 0.2) is 17.5 Å². The fourth-order valence-electron chi connectivity index (χ4n) is 2.87. The first-order valence-electron chi connectivity index (χ1n) is 8.58. The monoisotopic (exact) mass is 360 g/mol. The Labute approximate surface area is 152 Å². The molecule has 1 aliphatic rings. The minimum Gasteiger partial charge on any atom is -0.486 e. The summed E-state index contributed by atoms with van der Waals surface area (Å²) in [5.41, 5.74) is 3.96. The number of thiazole rings is 1. The highest BCUT2D eigenvalue weighted by Crippen LogP contribution is 2.24. The molecule has 0 saturated carbocycles. The maximum atomic E-state index is 12.2. The van der Waals surface area contributed by atoms with Crippen molar-refractivity contribution in [3.8, 4) is 5.75 Å². The molecule has 1 fully saturated rings. The maximum Gasteiger partial charge on any atom is 0.270 e. The lowest BCUT2D eigenvalue weighted by Gasteiger charge is -2.11. The lowest BCUT2D eigenvalue weighted by Crippen LogP contribution is -2.31. The maximum absolute atomic E-state index is 12.2. The molecule has 1 aromatic heterocycles. The summed E-state index contributed by atoms with van der Waals surface area (Å²) in [4.78, 5) is 16.6. The molecular formula is C19H24N2O3S. The van der Waals surface area contributed by atoms with Crippen molar-refractivity contribution in [3.63, 3.8) is 0 Å². The second-order valence-electron chi connectivity index (χ2n) is 6.47. The minimum absolute atomic E-state index is 0.137. The van der Waals surface area contributed by atoms with Crippen molar-refractivity contribution >= 4 is 17.2 Å². The molecule has 1 atom stereocenters. The number of hydrogen-bond donors (Lipinski definition) is 1. The molecule has 2 heterocycles. The quantitative estimate of drug-likeness (QED) is 0.856. The van der Waals surface area contributed by atoms with Gasteiger partial charge in [-0.2, -0.15) is 0 Å². The minimum atomic E-state index is -0.152. The normalized spacial score (nSPS) is 16.8. The summed E-state index contributed by atoms with van der Waals surface area (Å²) in [7, 11) is 0. The molecule has 0 bridgehead atoms. The Hall–Kier alpha value is -1.92. The van der Waals surface area contributed by atoms with Crippen molar-refractivity contribution < 1.29 is 14.3 Å². The number of nitrogens with zero attached hydrogens (tertiary/aromatic N) is 1. The molecule has 1 unspecified atom stereocenters. The molecule has 1 saturated heterocycles. The summed E-state index contributed by atoms with van der Waals surface area (Å²) in [5.74, 6) is 0.720. The number of rotatable bonds is 6. The predicted molar refractivity (Wildman–Crippen MR) is 98.4 cm³/mol. The zero-order valence-corrected chi connectivity index (χ0v) is 15.7. The van der Waals surface area contributed by atoms with E-state index < -0.39 is 0 Å². The van der Waals surface area contributed by atoms with Crippen molar-refractivity contribution in [1.82, 2.24) is 10.3 Å². The van der Waals surface area contributed by atoms with Gasteiger partial charge in [-0.05, 0) is 56.4 Å². The molecule has 25 heavy (non-hydrogen) atoms. The molecule has 1 aliphatic heterocycles. The SMILES string of the molecule is Cc1cc(C)c(C)c(OCc2nc(C(=O)NCC3CCCO3)cs2)c1. The molecule has 1 amide bonds. The van der Waals surface area contributed by atoms with Gasteiger partial charge in [0.25, 0.3) is 5.91 Å². The number of nitrogens with one attached hydrogen (secondary N) is 1. The van der Waals surface area contributed by atoms with Crippen molar-refractivity contribution in [3.05, 3.63) is 44.9 Å². The van der Waals surface area contributed by atoms with Crippen LogP contribution in [-0.4, -0.2) is 30.1 Å². The molecule has 0 aliphatic carbocycles. The van der Waals surface area contributed by atoms with Crippen LogP contribution in [0.5, 0.6) is 5.75 Å². The fourth-order valence-corrected chi connectivity index (χ4v) is 3.56. The van der Waals surface area contributed by atoms with Crippen LogP contribution in [0.25, 0.3) is 0 Å². The summed E-state index contributed by atoms with van der Waals surface area (Å²) < 4.78 is 11.4. The Morgan fingerprint density at radius 2 is 2.24 bits per heavy atom. The van der Waals surface area contributed by atoms with Gasteiger partial charge in [0, 0.05) is 18.5 Å². The van der Waals surface area contributed by atoms with Crippen LogP contribution in [0.1, 0.15) is 45.0 Å². The molecule has 6 heteroatoms. The van der Waals surface area contributed by atoms with Gasteiger partial charge in [-0.1, -0.05) is 6.07 Å². The Morgan fingerprint density at radius 1 is 1.40 bits per heavy atom. The van der Waals surface area contributed by atoms with Gasteiger partial charge in [0.2, 0.25) is 0 Å². The first-order chi connectivity index (χ1) is 12.0. The Kier molecular flexibility index (Phi) is 5.71. The Balaban J connectivity index is 1.55. The van der Waals surface area contributed by atoms with Crippen molar-refractivity contribution in [2.75, 3.05) is 13.2 Å². The van der Waals surface area contributed by atoms with Gasteiger partial charge in [-0.3, -0.25) is 4.79 Å². The van der Waals surface area contributed by atoms with E-state index in [1.807, 2.05) is 6.07 Å². The van der Waals surface area contributed by atoms with E-state index in [9.17, 15) is 4.79 Å². The number of carbonyl (C=O) groups is 1. The molecule has 2 aromatic rings. The Bertz CT molecular complexity index is 751. The molecule has 1 aromatic carbocycles. The van der Waals surface area contributed by atoms with Crippen LogP contribution in [0, 0.1) is 20.8 Å². The number of hydrogen-bond acceptors (Lipinski definition) is 5. The van der Waals surface area contributed by atoms with Crippen LogP contribution < -0.4 is 10.1 Å². The standard InChI is InChI=1S/C19H24N2O3S/c1-12-7-13(2)14(3)17(8-12)24-10-18-21-16(11-25-18)19(22)20-9-15-5-4-6-23-15/h7-8,11,15H,4-6,9-10H2,1-3H3,(H,20,22). The molecular weight excluding hydrogens is 336 g/mol. The number of carbonyl (C=O) groups excluding carboxylic acids is 1. The van der Waals surface area contributed by atoms with Crippen LogP contribution in [0.3, 0.4) is 0 Å². The predicted octanol–water partition coefficient (Wildman–Crippen LogP) is 3.56.